The van der Waals surface area contributed by atoms with E-state index in [1.807, 2.05) is 11.8 Å². The monoisotopic (exact) mass is 284 g/mol. The molecule has 18 heavy (non-hydrogen) atoms. The second kappa shape index (κ2) is 6.50. The molecule has 1 aromatic rings. The smallest absolute Gasteiger partial charge is 0.123 e. The largest absolute Gasteiger partial charge is 0.389 e. The maximum absolute atomic E-state index is 13.2. The third-order valence-electron chi connectivity index (χ3n) is 3.05. The van der Waals surface area contributed by atoms with Crippen LogP contribution in [0, 0.1) is 5.82 Å². The summed E-state index contributed by atoms with van der Waals surface area (Å²) in [5, 5.41) is 0. The first kappa shape index (κ1) is 13.8. The van der Waals surface area contributed by atoms with Crippen molar-refractivity contribution < 1.29 is 4.39 Å². The Morgan fingerprint density at radius 1 is 1.39 bits per heavy atom. The van der Waals surface area contributed by atoms with Crippen LogP contribution in [0.15, 0.2) is 18.2 Å². The third-order valence-corrected chi connectivity index (χ3v) is 4.31. The molecule has 1 aliphatic rings. The molecule has 0 amide bonds. The molecule has 1 saturated heterocycles. The molecule has 0 bridgehead atoms. The Labute approximate surface area is 117 Å². The summed E-state index contributed by atoms with van der Waals surface area (Å²) in [6, 6.07) is 4.70. The Hall–Kier alpha value is -0.650. The number of thioether (sulfide) groups is 1. The summed E-state index contributed by atoms with van der Waals surface area (Å²) in [5.41, 5.74) is 7.35. The second-order valence-electron chi connectivity index (χ2n) is 4.41. The van der Waals surface area contributed by atoms with Crippen molar-refractivity contribution in [2.75, 3.05) is 24.6 Å². The summed E-state index contributed by atoms with van der Waals surface area (Å²) in [6.07, 6.45) is 1.20. The van der Waals surface area contributed by atoms with E-state index in [-0.39, 0.29) is 10.8 Å². The van der Waals surface area contributed by atoms with Crippen LogP contribution in [0.5, 0.6) is 0 Å². The Morgan fingerprint density at radius 2 is 2.22 bits per heavy atom. The highest BCUT2D eigenvalue weighted by atomic mass is 32.2. The van der Waals surface area contributed by atoms with Crippen LogP contribution in [0.1, 0.15) is 17.5 Å². The Balaban J connectivity index is 2.14. The number of halogens is 1. The number of hydrogen-bond donors (Lipinski definition) is 1. The van der Waals surface area contributed by atoms with E-state index in [4.69, 9.17) is 18.0 Å². The zero-order chi connectivity index (χ0) is 13.0. The van der Waals surface area contributed by atoms with E-state index in [0.717, 1.165) is 31.0 Å². The van der Waals surface area contributed by atoms with Gasteiger partial charge in [0.25, 0.3) is 0 Å². The summed E-state index contributed by atoms with van der Waals surface area (Å²) < 4.78 is 13.2. The molecule has 0 aliphatic carbocycles. The van der Waals surface area contributed by atoms with Crippen LogP contribution >= 0.6 is 24.0 Å². The van der Waals surface area contributed by atoms with Crippen molar-refractivity contribution in [3.8, 4) is 0 Å². The fraction of sp³-hybridized carbons (Fsp3) is 0.462. The minimum Gasteiger partial charge on any atom is -0.389 e. The van der Waals surface area contributed by atoms with Gasteiger partial charge in [0.15, 0.2) is 0 Å². The lowest BCUT2D eigenvalue weighted by atomic mass is 10.1. The van der Waals surface area contributed by atoms with Crippen LogP contribution in [0.3, 0.4) is 0 Å². The van der Waals surface area contributed by atoms with Crippen molar-refractivity contribution in [2.45, 2.75) is 13.0 Å². The fourth-order valence-electron chi connectivity index (χ4n) is 2.11. The summed E-state index contributed by atoms with van der Waals surface area (Å²) >= 11 is 6.98. The molecule has 2 rings (SSSR count). The molecule has 0 aromatic heterocycles. The lowest BCUT2D eigenvalue weighted by molar-refractivity contribution is 0.287. The summed E-state index contributed by atoms with van der Waals surface area (Å²) in [6.45, 7) is 2.95. The van der Waals surface area contributed by atoms with E-state index in [1.165, 1.54) is 24.3 Å². The van der Waals surface area contributed by atoms with Crippen molar-refractivity contribution >= 4 is 29.0 Å². The zero-order valence-corrected chi connectivity index (χ0v) is 11.8. The third kappa shape index (κ3) is 3.67. The van der Waals surface area contributed by atoms with Gasteiger partial charge in [-0.2, -0.15) is 11.8 Å². The van der Waals surface area contributed by atoms with Crippen molar-refractivity contribution in [3.63, 3.8) is 0 Å². The lowest BCUT2D eigenvalue weighted by Crippen LogP contribution is -2.27. The molecule has 0 atom stereocenters. The van der Waals surface area contributed by atoms with Gasteiger partial charge in [0.05, 0.1) is 0 Å². The quantitative estimate of drug-likeness (QED) is 0.863. The van der Waals surface area contributed by atoms with Crippen molar-refractivity contribution in [2.24, 2.45) is 5.73 Å². The van der Waals surface area contributed by atoms with E-state index >= 15 is 0 Å². The number of hydrogen-bond acceptors (Lipinski definition) is 3. The number of thiocarbonyl (C=S) groups is 1. The van der Waals surface area contributed by atoms with Gasteiger partial charge in [0.2, 0.25) is 0 Å². The molecule has 5 heteroatoms. The van der Waals surface area contributed by atoms with Gasteiger partial charge in [-0.25, -0.2) is 4.39 Å². The van der Waals surface area contributed by atoms with Gasteiger partial charge < -0.3 is 5.73 Å². The molecule has 1 heterocycles. The van der Waals surface area contributed by atoms with Crippen molar-refractivity contribution in [1.82, 2.24) is 4.90 Å². The molecular formula is C13H17FN2S2. The first-order chi connectivity index (χ1) is 8.66. The highest BCUT2D eigenvalue weighted by Crippen LogP contribution is 2.17. The number of nitrogens with two attached hydrogens (primary N) is 1. The van der Waals surface area contributed by atoms with Gasteiger partial charge in [-0.15, -0.1) is 0 Å². The predicted octanol–water partition coefficient (Wildman–Crippen LogP) is 2.40. The molecule has 0 unspecified atom stereocenters. The van der Waals surface area contributed by atoms with Crippen LogP contribution < -0.4 is 5.73 Å². The summed E-state index contributed by atoms with van der Waals surface area (Å²) in [7, 11) is 0. The maximum Gasteiger partial charge on any atom is 0.123 e. The van der Waals surface area contributed by atoms with E-state index in [1.54, 1.807) is 6.07 Å². The molecule has 0 spiro atoms. The van der Waals surface area contributed by atoms with Gasteiger partial charge in [-0.3, -0.25) is 4.90 Å². The molecule has 1 aromatic carbocycles. The average molecular weight is 284 g/mol. The lowest BCUT2D eigenvalue weighted by Gasteiger charge is -2.21. The molecule has 0 radical (unpaired) electrons. The van der Waals surface area contributed by atoms with Crippen LogP contribution in [0.2, 0.25) is 0 Å². The minimum atomic E-state index is -0.284. The molecule has 1 fully saturated rings. The SMILES string of the molecule is NC(=S)c1cc(F)ccc1CN1CCCSCC1. The maximum atomic E-state index is 13.2. The van der Waals surface area contributed by atoms with Crippen LogP contribution in [0.4, 0.5) is 4.39 Å². The van der Waals surface area contributed by atoms with E-state index < -0.39 is 0 Å². The van der Waals surface area contributed by atoms with Gasteiger partial charge in [0.1, 0.15) is 10.8 Å². The average Bonchev–Trinajstić information content (AvgIpc) is 2.60. The van der Waals surface area contributed by atoms with E-state index in [0.29, 0.717) is 5.56 Å². The first-order valence-corrected chi connectivity index (χ1v) is 7.61. The van der Waals surface area contributed by atoms with Crippen LogP contribution in [0.25, 0.3) is 0 Å². The Morgan fingerprint density at radius 3 is 3.00 bits per heavy atom. The second-order valence-corrected chi connectivity index (χ2v) is 6.07. The normalized spacial score (nSPS) is 17.4. The Bertz CT molecular complexity index is 429. The molecule has 2 N–H and O–H groups in total. The number of nitrogens with zero attached hydrogens (tertiary/aromatic N) is 1. The summed E-state index contributed by atoms with van der Waals surface area (Å²) in [5.74, 6) is 2.10. The van der Waals surface area contributed by atoms with Gasteiger partial charge in [-0.05, 0) is 36.4 Å². The topological polar surface area (TPSA) is 29.3 Å². The van der Waals surface area contributed by atoms with Crippen molar-refractivity contribution in [3.05, 3.63) is 35.1 Å². The molecule has 2 nitrogen and oxygen atoms in total. The fourth-order valence-corrected chi connectivity index (χ4v) is 3.23. The molecular weight excluding hydrogens is 267 g/mol. The molecule has 0 saturated carbocycles. The number of benzene rings is 1. The highest BCUT2D eigenvalue weighted by molar-refractivity contribution is 7.99. The Kier molecular flexibility index (Phi) is 4.97. The van der Waals surface area contributed by atoms with Crippen LogP contribution in [-0.2, 0) is 6.54 Å². The van der Waals surface area contributed by atoms with Gasteiger partial charge in [0, 0.05) is 24.4 Å². The van der Waals surface area contributed by atoms with Crippen LogP contribution in [-0.4, -0.2) is 34.5 Å². The minimum absolute atomic E-state index is 0.272. The summed E-state index contributed by atoms with van der Waals surface area (Å²) in [4.78, 5) is 2.66. The zero-order valence-electron chi connectivity index (χ0n) is 10.2. The first-order valence-electron chi connectivity index (χ1n) is 6.05. The van der Waals surface area contributed by atoms with Gasteiger partial charge >= 0.3 is 0 Å². The highest BCUT2D eigenvalue weighted by Gasteiger charge is 2.13. The van der Waals surface area contributed by atoms with Crippen molar-refractivity contribution in [1.29, 1.82) is 0 Å². The van der Waals surface area contributed by atoms with E-state index in [2.05, 4.69) is 4.90 Å². The van der Waals surface area contributed by atoms with Gasteiger partial charge in [-0.1, -0.05) is 18.3 Å². The molecule has 98 valence electrons. The predicted molar refractivity (Wildman–Crippen MR) is 79.5 cm³/mol. The number of rotatable bonds is 3. The standard InChI is InChI=1S/C13H17FN2S2/c14-11-3-2-10(12(8-11)13(15)17)9-16-4-1-6-18-7-5-16/h2-3,8H,1,4-7,9H2,(H2,15,17). The van der Waals surface area contributed by atoms with E-state index in [9.17, 15) is 4.39 Å². The molecule has 1 aliphatic heterocycles.